The number of anilines is 1. The number of hydrogen-bond donors (Lipinski definition) is 2. The summed E-state index contributed by atoms with van der Waals surface area (Å²) in [4.78, 5) is 29.8. The van der Waals surface area contributed by atoms with Gasteiger partial charge in [-0.2, -0.15) is 0 Å². The first-order chi connectivity index (χ1) is 12.7. The van der Waals surface area contributed by atoms with Gasteiger partial charge in [-0.1, -0.05) is 27.2 Å². The van der Waals surface area contributed by atoms with Crippen LogP contribution in [0.3, 0.4) is 0 Å². The summed E-state index contributed by atoms with van der Waals surface area (Å²) in [6.07, 6.45) is 2.39. The van der Waals surface area contributed by atoms with E-state index in [1.807, 2.05) is 6.92 Å². The molecule has 6 nitrogen and oxygen atoms in total. The van der Waals surface area contributed by atoms with Gasteiger partial charge in [0.05, 0.1) is 24.1 Å². The molecule has 0 radical (unpaired) electrons. The smallest absolute Gasteiger partial charge is 0.316 e. The molecule has 27 heavy (non-hydrogen) atoms. The second kappa shape index (κ2) is 8.37. The third-order valence-electron chi connectivity index (χ3n) is 4.86. The maximum absolute atomic E-state index is 12.9. The van der Waals surface area contributed by atoms with Crippen LogP contribution < -0.4 is 5.73 Å². The predicted molar refractivity (Wildman–Crippen MR) is 106 cm³/mol. The average molecular weight is 372 g/mol. The number of carbonyl (C=O) groups is 2. The van der Waals surface area contributed by atoms with Crippen LogP contribution in [0.1, 0.15) is 46.5 Å². The molecule has 0 saturated heterocycles. The Morgan fingerprint density at radius 3 is 2.52 bits per heavy atom. The molecule has 0 fully saturated rings. The summed E-state index contributed by atoms with van der Waals surface area (Å²) in [5.74, 6) is -1.89. The minimum atomic E-state index is -0.895. The van der Waals surface area contributed by atoms with Crippen molar-refractivity contribution < 1.29 is 19.4 Å². The summed E-state index contributed by atoms with van der Waals surface area (Å²) < 4.78 is 4.87. The molecule has 0 saturated carbocycles. The molecule has 6 heteroatoms. The second-order valence-corrected chi connectivity index (χ2v) is 7.56. The summed E-state index contributed by atoms with van der Waals surface area (Å²) in [5, 5.41) is 10.9. The van der Waals surface area contributed by atoms with Gasteiger partial charge in [-0.25, -0.2) is 0 Å². The Bertz CT molecular complexity index is 776. The van der Waals surface area contributed by atoms with E-state index in [9.17, 15) is 14.7 Å². The quantitative estimate of drug-likeness (QED) is 0.444. The number of aliphatic hydroxyl groups is 1. The summed E-state index contributed by atoms with van der Waals surface area (Å²) in [7, 11) is 1.28. The summed E-state index contributed by atoms with van der Waals surface area (Å²) in [6, 6.07) is 6.98. The standard InChI is InChI=1S/C21H28N2O4/c1-5-6-7-15(23-14-10-8-13(22)9-11-14)17-16(24)12-21(2,3)18(19(17)25)20(26)27-4/h8-11,18,25H,5-7,12,22H2,1-4H3. The topological polar surface area (TPSA) is 102 Å². The number of aliphatic hydroxyl groups excluding tert-OH is 1. The lowest BCUT2D eigenvalue weighted by Crippen LogP contribution is -2.41. The monoisotopic (exact) mass is 372 g/mol. The number of nitrogen functional groups attached to an aromatic ring is 1. The van der Waals surface area contributed by atoms with E-state index in [-0.39, 0.29) is 23.5 Å². The first-order valence-corrected chi connectivity index (χ1v) is 9.19. The lowest BCUT2D eigenvalue weighted by Gasteiger charge is -2.36. The molecule has 1 aromatic rings. The third-order valence-corrected chi connectivity index (χ3v) is 4.86. The number of aliphatic imine (C=N–C) groups is 1. The third kappa shape index (κ3) is 4.56. The van der Waals surface area contributed by atoms with E-state index >= 15 is 0 Å². The molecule has 3 N–H and O–H groups in total. The van der Waals surface area contributed by atoms with Gasteiger partial charge >= 0.3 is 5.97 Å². The summed E-state index contributed by atoms with van der Waals surface area (Å²) >= 11 is 0. The predicted octanol–water partition coefficient (Wildman–Crippen LogP) is 4.13. The van der Waals surface area contributed by atoms with Crippen LogP contribution in [0.25, 0.3) is 0 Å². The molecule has 2 rings (SSSR count). The van der Waals surface area contributed by atoms with Gasteiger partial charge in [-0.3, -0.25) is 14.6 Å². The number of esters is 1. The maximum atomic E-state index is 12.9. The number of ether oxygens (including phenoxy) is 1. The minimum absolute atomic E-state index is 0.138. The molecule has 1 aliphatic rings. The fraction of sp³-hybridized carbons (Fsp3) is 0.476. The Kier molecular flexibility index (Phi) is 6.41. The zero-order valence-electron chi connectivity index (χ0n) is 16.4. The van der Waals surface area contributed by atoms with Crippen LogP contribution in [0.4, 0.5) is 11.4 Å². The van der Waals surface area contributed by atoms with E-state index in [4.69, 9.17) is 10.5 Å². The molecular weight excluding hydrogens is 344 g/mol. The Morgan fingerprint density at radius 1 is 1.33 bits per heavy atom. The Hall–Kier alpha value is -2.63. The van der Waals surface area contributed by atoms with E-state index in [0.717, 1.165) is 12.8 Å². The van der Waals surface area contributed by atoms with Gasteiger partial charge in [0.1, 0.15) is 11.7 Å². The van der Waals surface area contributed by atoms with E-state index in [1.54, 1.807) is 38.1 Å². The fourth-order valence-corrected chi connectivity index (χ4v) is 3.40. The lowest BCUT2D eigenvalue weighted by atomic mass is 9.67. The van der Waals surface area contributed by atoms with E-state index < -0.39 is 17.3 Å². The van der Waals surface area contributed by atoms with Crippen LogP contribution in [0, 0.1) is 11.3 Å². The first-order valence-electron chi connectivity index (χ1n) is 9.19. The highest BCUT2D eigenvalue weighted by molar-refractivity contribution is 6.24. The molecule has 146 valence electrons. The number of ketones is 1. The number of nitrogens with two attached hydrogens (primary N) is 1. The summed E-state index contributed by atoms with van der Waals surface area (Å²) in [6.45, 7) is 5.60. The Balaban J connectivity index is 2.59. The van der Waals surface area contributed by atoms with Crippen LogP contribution >= 0.6 is 0 Å². The maximum Gasteiger partial charge on any atom is 0.316 e. The fourth-order valence-electron chi connectivity index (χ4n) is 3.40. The number of nitrogens with zero attached hydrogens (tertiary/aromatic N) is 1. The largest absolute Gasteiger partial charge is 0.511 e. The highest BCUT2D eigenvalue weighted by Crippen LogP contribution is 2.43. The number of hydrogen-bond acceptors (Lipinski definition) is 6. The SMILES string of the molecule is CCCCC(=Nc1ccc(N)cc1)C1=C(O)C(C(=O)OC)C(C)(C)CC1=O. The number of Topliss-reactive ketones (excluding diaryl/α,β-unsaturated/α-hetero) is 1. The summed E-state index contributed by atoms with van der Waals surface area (Å²) in [5.41, 5.74) is 6.89. The number of allylic oxidation sites excluding steroid dienone is 1. The molecule has 1 unspecified atom stereocenters. The van der Waals surface area contributed by atoms with Crippen molar-refractivity contribution in [1.82, 2.24) is 0 Å². The van der Waals surface area contributed by atoms with E-state index in [2.05, 4.69) is 4.99 Å². The molecule has 0 heterocycles. The molecule has 0 aliphatic heterocycles. The van der Waals surface area contributed by atoms with Crippen molar-refractivity contribution in [2.75, 3.05) is 12.8 Å². The van der Waals surface area contributed by atoms with Gasteiger partial charge < -0.3 is 15.6 Å². The molecule has 0 aromatic heterocycles. The molecule has 0 spiro atoms. The number of carbonyl (C=O) groups excluding carboxylic acids is 2. The number of rotatable bonds is 6. The van der Waals surface area contributed by atoms with Crippen molar-refractivity contribution in [3.05, 3.63) is 35.6 Å². The molecule has 0 bridgehead atoms. The lowest BCUT2D eigenvalue weighted by molar-refractivity contribution is -0.150. The van der Waals surface area contributed by atoms with Crippen molar-refractivity contribution in [3.8, 4) is 0 Å². The van der Waals surface area contributed by atoms with E-state index in [0.29, 0.717) is 23.5 Å². The number of methoxy groups -OCH3 is 1. The highest BCUT2D eigenvalue weighted by atomic mass is 16.5. The normalized spacial score (nSPS) is 19.9. The van der Waals surface area contributed by atoms with Crippen molar-refractivity contribution in [2.24, 2.45) is 16.3 Å². The first kappa shape index (κ1) is 20.7. The van der Waals surface area contributed by atoms with Crippen LogP contribution in [0.2, 0.25) is 0 Å². The van der Waals surface area contributed by atoms with Crippen molar-refractivity contribution in [2.45, 2.75) is 46.5 Å². The van der Waals surface area contributed by atoms with Crippen LogP contribution in [0.15, 0.2) is 40.6 Å². The molecule has 1 aromatic carbocycles. The highest BCUT2D eigenvalue weighted by Gasteiger charge is 2.47. The van der Waals surface area contributed by atoms with Crippen molar-refractivity contribution in [1.29, 1.82) is 0 Å². The minimum Gasteiger partial charge on any atom is -0.511 e. The van der Waals surface area contributed by atoms with Gasteiger partial charge in [-0.15, -0.1) is 0 Å². The number of unbranched alkanes of at least 4 members (excludes halogenated alkanes) is 1. The van der Waals surface area contributed by atoms with Crippen molar-refractivity contribution >= 4 is 28.8 Å². The van der Waals surface area contributed by atoms with Crippen LogP contribution in [0.5, 0.6) is 0 Å². The van der Waals surface area contributed by atoms with Gasteiger partial charge in [0.25, 0.3) is 0 Å². The zero-order chi connectivity index (χ0) is 20.2. The van der Waals surface area contributed by atoms with E-state index in [1.165, 1.54) is 7.11 Å². The van der Waals surface area contributed by atoms with Gasteiger partial charge in [0.2, 0.25) is 0 Å². The second-order valence-electron chi connectivity index (χ2n) is 7.56. The van der Waals surface area contributed by atoms with Gasteiger partial charge in [0.15, 0.2) is 5.78 Å². The Morgan fingerprint density at radius 2 is 1.96 bits per heavy atom. The molecular formula is C21H28N2O4. The molecule has 0 amide bonds. The van der Waals surface area contributed by atoms with Gasteiger partial charge in [0, 0.05) is 12.1 Å². The van der Waals surface area contributed by atoms with Crippen LogP contribution in [-0.4, -0.2) is 29.7 Å². The average Bonchev–Trinajstić information content (AvgIpc) is 2.59. The number of benzene rings is 1. The van der Waals surface area contributed by atoms with Gasteiger partial charge in [-0.05, 0) is 42.5 Å². The van der Waals surface area contributed by atoms with Crippen molar-refractivity contribution in [3.63, 3.8) is 0 Å². The Labute approximate surface area is 160 Å². The molecule has 1 atom stereocenters. The molecule has 1 aliphatic carbocycles. The zero-order valence-corrected chi connectivity index (χ0v) is 16.4. The van der Waals surface area contributed by atoms with Crippen LogP contribution in [-0.2, 0) is 14.3 Å².